The number of thiazole rings is 1. The third-order valence-electron chi connectivity index (χ3n) is 9.34. The van der Waals surface area contributed by atoms with Gasteiger partial charge >= 0.3 is 0 Å². The predicted octanol–water partition coefficient (Wildman–Crippen LogP) is 15.8. The summed E-state index contributed by atoms with van der Waals surface area (Å²) in [6.07, 6.45) is 57.0. The number of benzene rings is 2. The molecule has 33 heteroatoms. The van der Waals surface area contributed by atoms with Gasteiger partial charge in [-0.1, -0.05) is 59.8 Å². The van der Waals surface area contributed by atoms with E-state index in [1.165, 1.54) is 78.5 Å². The van der Waals surface area contributed by atoms with Crippen LogP contribution in [0.4, 0.5) is 0 Å². The van der Waals surface area contributed by atoms with Gasteiger partial charge in [-0.25, -0.2) is 44.2 Å². The van der Waals surface area contributed by atoms with Crippen molar-refractivity contribution in [2.24, 2.45) is 0 Å². The first-order chi connectivity index (χ1) is 51.4. The number of para-hydroxylation sites is 1. The van der Waals surface area contributed by atoms with Crippen LogP contribution in [0.2, 0.25) is 0 Å². The SMILES string of the molecule is c1c[nH]cn1.c1cc[nH]c1.c1ccc2occc2c1.c1ccc2sccc2c1.c1ccncc1.c1ccnnc1.c1ccoc1.c1ccsc1.c1cn[nH]c1.c1cn[nH]n1.c1cnccn1.c1cncnc1.c1cnoc1.c1cnsc1.c1cocn1.c1cscn1.c1nc[nH]n1.c1ncncn1. The van der Waals surface area contributed by atoms with Crippen LogP contribution in [0, 0.1) is 0 Å². The predicted molar refractivity (Wildman–Crippen MR) is 399 cm³/mol. The molecule has 0 saturated carbocycles. The van der Waals surface area contributed by atoms with Gasteiger partial charge in [0.25, 0.3) is 0 Å². The Morgan fingerprint density at radius 1 is 0.320 bits per heavy atom. The molecule has 0 spiro atoms. The maximum Gasteiger partial charge on any atom is 0.180 e. The van der Waals surface area contributed by atoms with Gasteiger partial charge in [0.05, 0.1) is 55.4 Å². The summed E-state index contributed by atoms with van der Waals surface area (Å²) in [5, 5.41) is 44.5. The standard InChI is InChI=1S/C8H6O.C8H6S.C5H5N.3C4H4N2.C4H5N.C4H4O.C4H4S.C3H3N3.2C3H4N2.2C3H3NO.2C3H3NS.2C2H3N3/c2*1-2-4-8-7(3-1)5-6-9-8;1-2-4-6-5-3-1;1-2-6-4-3-5-1;1-2-5-4-6-3-1;1-2-4-6-5-3-1;3*1-2-4-5-3-1;1-4-2-6-3-5-1;1-2-5-3-4-1;1-2-4-5-3-1;1-2-5-3-4-1;1-2-4-5-3-1;1-2-5-3-4-1;1-2-4-5-3-1;1-3-2-5-4-1;1-2-4-5-3-1/h2*1-6H;1-5H;3*1-4H;1-5H;2*1-4H;1-3H;2*1-3H,(H,4,5);4*1-3H;2*1-2H,(H,3,4,5). The molecular weight excluding hydrogens is 1380 g/mol. The smallest absolute Gasteiger partial charge is 0.180 e. The van der Waals surface area contributed by atoms with E-state index >= 15 is 0 Å². The molecule has 29 nitrogen and oxygen atoms in total. The summed E-state index contributed by atoms with van der Waals surface area (Å²) in [6.45, 7) is 0. The molecule has 103 heavy (non-hydrogen) atoms. The zero-order valence-corrected chi connectivity index (χ0v) is 58.1. The number of furan rings is 2. The molecular formula is C70H71N25O4S4. The average molecular weight is 1450 g/mol. The summed E-state index contributed by atoms with van der Waals surface area (Å²) in [5.74, 6) is 0. The maximum atomic E-state index is 5.12. The number of hydrogen-bond acceptors (Lipinski definition) is 28. The number of imidazole rings is 1. The van der Waals surface area contributed by atoms with Gasteiger partial charge in [0.15, 0.2) is 6.39 Å². The molecule has 0 saturated heterocycles. The van der Waals surface area contributed by atoms with E-state index in [2.05, 4.69) is 174 Å². The zero-order valence-electron chi connectivity index (χ0n) is 54.8. The monoisotopic (exact) mass is 1450 g/mol. The molecule has 0 aliphatic heterocycles. The van der Waals surface area contributed by atoms with Crippen LogP contribution < -0.4 is 0 Å². The van der Waals surface area contributed by atoms with Gasteiger partial charge in [-0.15, -0.1) is 22.7 Å². The number of hydrogen-bond donors (Lipinski definition) is 5. The Morgan fingerprint density at radius 3 is 1.32 bits per heavy atom. The van der Waals surface area contributed by atoms with Crippen molar-refractivity contribution in [2.45, 2.75) is 0 Å². The quantitative estimate of drug-likeness (QED) is 0.0941. The molecule has 0 aliphatic rings. The van der Waals surface area contributed by atoms with Crippen LogP contribution in [0.25, 0.3) is 21.1 Å². The average Bonchev–Trinajstić information content (AvgIpc) is 1.77. The van der Waals surface area contributed by atoms with Crippen LogP contribution >= 0.6 is 45.5 Å². The highest BCUT2D eigenvalue weighted by Gasteiger charge is 1.90. The highest BCUT2D eigenvalue weighted by molar-refractivity contribution is 7.17. The highest BCUT2D eigenvalue weighted by atomic mass is 32.1. The summed E-state index contributed by atoms with van der Waals surface area (Å²) in [5.41, 5.74) is 2.75. The van der Waals surface area contributed by atoms with Gasteiger partial charge in [-0.3, -0.25) is 30.1 Å². The van der Waals surface area contributed by atoms with Gasteiger partial charge in [0.1, 0.15) is 56.1 Å². The van der Waals surface area contributed by atoms with Crippen molar-refractivity contribution < 1.29 is 17.8 Å². The number of nitrogens with zero attached hydrogens (tertiary/aromatic N) is 20. The lowest BCUT2D eigenvalue weighted by Crippen LogP contribution is -1.73. The van der Waals surface area contributed by atoms with Crippen LogP contribution in [0.3, 0.4) is 0 Å². The van der Waals surface area contributed by atoms with Gasteiger partial charge in [0, 0.05) is 132 Å². The number of pyridine rings is 1. The van der Waals surface area contributed by atoms with E-state index in [-0.39, 0.29) is 0 Å². The summed E-state index contributed by atoms with van der Waals surface area (Å²) < 4.78 is 23.6. The second-order valence-electron chi connectivity index (χ2n) is 16.5. The van der Waals surface area contributed by atoms with Crippen molar-refractivity contribution in [2.75, 3.05) is 0 Å². The molecule has 18 heterocycles. The minimum Gasteiger partial charge on any atom is -0.473 e. The first kappa shape index (κ1) is 83.2. The minimum atomic E-state index is 0.956. The largest absolute Gasteiger partial charge is 0.473 e. The fourth-order valence-electron chi connectivity index (χ4n) is 5.29. The summed E-state index contributed by atoms with van der Waals surface area (Å²) in [7, 11) is 0. The fraction of sp³-hybridized carbons (Fsp3) is 0. The van der Waals surface area contributed by atoms with Crippen LogP contribution in [-0.2, 0) is 0 Å². The minimum absolute atomic E-state index is 0.956. The van der Waals surface area contributed by atoms with Crippen molar-refractivity contribution in [3.05, 3.63) is 402 Å². The van der Waals surface area contributed by atoms with Crippen molar-refractivity contribution >= 4 is 66.6 Å². The first-order valence-corrected chi connectivity index (χ1v) is 33.2. The number of H-pyrrole nitrogens is 5. The zero-order chi connectivity index (χ0) is 72.3. The van der Waals surface area contributed by atoms with E-state index in [0.29, 0.717) is 0 Å². The second-order valence-corrected chi connectivity index (χ2v) is 19.7. The molecule has 2 aromatic carbocycles. The molecule has 0 radical (unpaired) electrons. The molecule has 20 aromatic rings. The van der Waals surface area contributed by atoms with Crippen molar-refractivity contribution in [3.8, 4) is 0 Å². The Labute approximate surface area is 608 Å². The van der Waals surface area contributed by atoms with Crippen molar-refractivity contribution in [1.82, 2.24) is 125 Å². The normalized spacial score (nSPS) is 8.39. The molecule has 0 unspecified atom stereocenters. The van der Waals surface area contributed by atoms with Gasteiger partial charge < -0.3 is 27.7 Å². The van der Waals surface area contributed by atoms with E-state index in [1.54, 1.807) is 201 Å². The third kappa shape index (κ3) is 59.0. The maximum absolute atomic E-state index is 5.12. The van der Waals surface area contributed by atoms with Crippen LogP contribution in [0.15, 0.2) is 420 Å². The number of nitrogens with one attached hydrogen (secondary N) is 5. The lowest BCUT2D eigenvalue weighted by Gasteiger charge is -1.82. The van der Waals surface area contributed by atoms with Gasteiger partial charge in [0.2, 0.25) is 0 Å². The number of rotatable bonds is 0. The van der Waals surface area contributed by atoms with E-state index in [1.807, 2.05) is 143 Å². The number of oxazole rings is 1. The van der Waals surface area contributed by atoms with Crippen LogP contribution in [0.1, 0.15) is 0 Å². The lowest BCUT2D eigenvalue weighted by molar-refractivity contribution is 0.420. The molecule has 524 valence electrons. The van der Waals surface area contributed by atoms with Crippen LogP contribution in [0.5, 0.6) is 0 Å². The number of fused-ring (bicyclic) bond motifs is 2. The van der Waals surface area contributed by atoms with E-state index in [9.17, 15) is 0 Å². The number of aromatic amines is 5. The Bertz CT molecular complexity index is 3270. The summed E-state index contributed by atoms with van der Waals surface area (Å²) >= 11 is 6.57. The van der Waals surface area contributed by atoms with Crippen molar-refractivity contribution in [3.63, 3.8) is 0 Å². The Kier molecular flexibility index (Phi) is 57.2. The number of thiophene rings is 2. The molecule has 0 atom stereocenters. The first-order valence-electron chi connectivity index (χ1n) is 29.6. The van der Waals surface area contributed by atoms with E-state index < -0.39 is 0 Å². The number of aromatic nitrogens is 25. The van der Waals surface area contributed by atoms with E-state index in [4.69, 9.17) is 4.42 Å². The molecule has 0 amide bonds. The van der Waals surface area contributed by atoms with Crippen LogP contribution in [-0.4, -0.2) is 125 Å². The third-order valence-corrected chi connectivity index (χ3v) is 11.9. The molecule has 0 aliphatic carbocycles. The summed E-state index contributed by atoms with van der Waals surface area (Å²) in [4.78, 5) is 49.4. The molecule has 18 aromatic heterocycles. The highest BCUT2D eigenvalue weighted by Crippen LogP contribution is 2.19. The molecule has 20 rings (SSSR count). The summed E-state index contributed by atoms with van der Waals surface area (Å²) in [6, 6.07) is 48.6. The van der Waals surface area contributed by atoms with E-state index in [0.717, 1.165) is 11.0 Å². The fourth-order valence-corrected chi connectivity index (χ4v) is 7.23. The Morgan fingerprint density at radius 2 is 1.02 bits per heavy atom. The molecule has 0 bridgehead atoms. The molecule has 5 N–H and O–H groups in total. The molecule has 0 fully saturated rings. The Hall–Kier alpha value is -14.0. The van der Waals surface area contributed by atoms with Crippen molar-refractivity contribution in [1.29, 1.82) is 0 Å². The lowest BCUT2D eigenvalue weighted by atomic mass is 10.3. The topological polar surface area (TPSA) is 389 Å². The van der Waals surface area contributed by atoms with Gasteiger partial charge in [-0.05, 0) is 130 Å². The Balaban J connectivity index is 0.000000284. The van der Waals surface area contributed by atoms with Gasteiger partial charge in [-0.2, -0.15) is 47.1 Å². The second kappa shape index (κ2) is 70.8.